The Hall–Kier alpha value is -4.25. The van der Waals surface area contributed by atoms with E-state index in [0.29, 0.717) is 29.4 Å². The van der Waals surface area contributed by atoms with E-state index in [9.17, 15) is 18.8 Å². The molecule has 0 aliphatic carbocycles. The first-order chi connectivity index (χ1) is 17.4. The van der Waals surface area contributed by atoms with Gasteiger partial charge < -0.3 is 20.1 Å². The topological polar surface area (TPSA) is 118 Å². The van der Waals surface area contributed by atoms with Crippen molar-refractivity contribution >= 4 is 51.2 Å². The molecule has 0 heterocycles. The molecular formula is C25H22BrFN4O5. The summed E-state index contributed by atoms with van der Waals surface area (Å²) in [6.45, 7) is 1.89. The number of para-hydroxylation sites is 1. The Morgan fingerprint density at radius 2 is 1.69 bits per heavy atom. The zero-order valence-corrected chi connectivity index (χ0v) is 20.7. The molecule has 3 aromatic rings. The predicted octanol–water partition coefficient (Wildman–Crippen LogP) is 4.09. The molecule has 3 aromatic carbocycles. The number of hydrogen-bond donors (Lipinski definition) is 3. The molecule has 0 spiro atoms. The molecular weight excluding hydrogens is 535 g/mol. The molecule has 186 valence electrons. The molecule has 0 aliphatic heterocycles. The number of hydrogen-bond acceptors (Lipinski definition) is 6. The third-order valence-corrected chi connectivity index (χ3v) is 4.99. The third kappa shape index (κ3) is 7.91. The molecule has 0 radical (unpaired) electrons. The second-order valence-corrected chi connectivity index (χ2v) is 8.03. The minimum Gasteiger partial charge on any atom is -0.490 e. The van der Waals surface area contributed by atoms with Gasteiger partial charge in [-0.05, 0) is 67.1 Å². The number of hydrazone groups is 1. The van der Waals surface area contributed by atoms with Gasteiger partial charge in [-0.3, -0.25) is 14.4 Å². The van der Waals surface area contributed by atoms with Gasteiger partial charge in [0.05, 0.1) is 18.5 Å². The van der Waals surface area contributed by atoms with Crippen LogP contribution in [0.15, 0.2) is 76.3 Å². The van der Waals surface area contributed by atoms with Gasteiger partial charge in [-0.1, -0.05) is 28.1 Å². The number of nitrogens with one attached hydrogen (secondary N) is 3. The van der Waals surface area contributed by atoms with Gasteiger partial charge in [-0.25, -0.2) is 9.82 Å². The van der Waals surface area contributed by atoms with Crippen LogP contribution >= 0.6 is 15.9 Å². The number of rotatable bonds is 9. The summed E-state index contributed by atoms with van der Waals surface area (Å²) in [5.74, 6) is -2.45. The minimum atomic E-state index is -1.07. The van der Waals surface area contributed by atoms with Crippen LogP contribution in [0.1, 0.15) is 12.5 Å². The number of carbonyl (C=O) groups excluding carboxylic acids is 3. The van der Waals surface area contributed by atoms with Crippen molar-refractivity contribution in [3.8, 4) is 11.5 Å². The third-order valence-electron chi connectivity index (χ3n) is 4.46. The lowest BCUT2D eigenvalue weighted by molar-refractivity contribution is -0.136. The highest BCUT2D eigenvalue weighted by Crippen LogP contribution is 2.28. The molecule has 0 unspecified atom stereocenters. The Morgan fingerprint density at radius 3 is 2.42 bits per heavy atom. The molecule has 0 atom stereocenters. The summed E-state index contributed by atoms with van der Waals surface area (Å²) in [5.41, 5.74) is 3.11. The van der Waals surface area contributed by atoms with Crippen molar-refractivity contribution in [2.45, 2.75) is 6.92 Å². The molecule has 0 bridgehead atoms. The normalized spacial score (nSPS) is 10.5. The van der Waals surface area contributed by atoms with Crippen molar-refractivity contribution in [3.05, 3.63) is 82.6 Å². The lowest BCUT2D eigenvalue weighted by atomic mass is 10.2. The van der Waals surface area contributed by atoms with E-state index in [1.807, 2.05) is 12.1 Å². The Bertz CT molecular complexity index is 1270. The standard InChI is InChI=1S/C25H22BrFN4O5/c1-2-35-22-13-16(14-28-31-25(34)24(33)30-20-6-4-3-5-19(20)27)7-12-21(22)36-15-23(32)29-18-10-8-17(26)9-11-18/h3-14H,2,15H2,1H3,(H,29,32)(H,30,33)(H,31,34)/b28-14-. The fourth-order valence-corrected chi connectivity index (χ4v) is 3.09. The highest BCUT2D eigenvalue weighted by Gasteiger charge is 2.15. The summed E-state index contributed by atoms with van der Waals surface area (Å²) >= 11 is 3.33. The van der Waals surface area contributed by atoms with Gasteiger partial charge in [0.15, 0.2) is 18.1 Å². The number of amides is 3. The maximum atomic E-state index is 13.6. The smallest absolute Gasteiger partial charge is 0.329 e. The van der Waals surface area contributed by atoms with Crippen LogP contribution in [0.3, 0.4) is 0 Å². The summed E-state index contributed by atoms with van der Waals surface area (Å²) < 4.78 is 25.7. The molecule has 0 saturated heterocycles. The van der Waals surface area contributed by atoms with Crippen LogP contribution in [0, 0.1) is 5.82 Å². The fourth-order valence-electron chi connectivity index (χ4n) is 2.82. The number of anilines is 2. The molecule has 3 rings (SSSR count). The average Bonchev–Trinajstić information content (AvgIpc) is 2.86. The second kappa shape index (κ2) is 13.0. The molecule has 3 N–H and O–H groups in total. The Balaban J connectivity index is 1.56. The maximum absolute atomic E-state index is 13.6. The number of halogens is 2. The summed E-state index contributed by atoms with van der Waals surface area (Å²) in [4.78, 5) is 36.0. The highest BCUT2D eigenvalue weighted by molar-refractivity contribution is 9.10. The number of nitrogens with zero attached hydrogens (tertiary/aromatic N) is 1. The van der Waals surface area contributed by atoms with Crippen LogP contribution in [-0.2, 0) is 14.4 Å². The maximum Gasteiger partial charge on any atom is 0.329 e. The summed E-state index contributed by atoms with van der Waals surface area (Å²) in [5, 5.41) is 8.63. The average molecular weight is 557 g/mol. The molecule has 9 nitrogen and oxygen atoms in total. The molecule has 36 heavy (non-hydrogen) atoms. The van der Waals surface area contributed by atoms with Gasteiger partial charge >= 0.3 is 11.8 Å². The van der Waals surface area contributed by atoms with E-state index in [2.05, 4.69) is 37.1 Å². The molecule has 0 aromatic heterocycles. The van der Waals surface area contributed by atoms with Crippen molar-refractivity contribution in [1.82, 2.24) is 5.43 Å². The lowest BCUT2D eigenvalue weighted by Gasteiger charge is -2.12. The second-order valence-electron chi connectivity index (χ2n) is 7.12. The van der Waals surface area contributed by atoms with Crippen molar-refractivity contribution in [2.75, 3.05) is 23.8 Å². The van der Waals surface area contributed by atoms with Gasteiger partial charge in [0.2, 0.25) is 0 Å². The van der Waals surface area contributed by atoms with Crippen molar-refractivity contribution in [3.63, 3.8) is 0 Å². The quantitative estimate of drug-likeness (QED) is 0.208. The first-order valence-electron chi connectivity index (χ1n) is 10.7. The molecule has 11 heteroatoms. The van der Waals surface area contributed by atoms with E-state index < -0.39 is 17.6 Å². The predicted molar refractivity (Wildman–Crippen MR) is 137 cm³/mol. The summed E-state index contributed by atoms with van der Waals surface area (Å²) in [6.07, 6.45) is 1.29. The van der Waals surface area contributed by atoms with Crippen LogP contribution in [0.4, 0.5) is 15.8 Å². The Kier molecular flexibility index (Phi) is 9.52. The molecule has 0 aliphatic rings. The first kappa shape index (κ1) is 26.4. The van der Waals surface area contributed by atoms with Gasteiger partial charge in [0.1, 0.15) is 5.82 Å². The fraction of sp³-hybridized carbons (Fsp3) is 0.120. The van der Waals surface area contributed by atoms with E-state index in [-0.39, 0.29) is 18.2 Å². The zero-order chi connectivity index (χ0) is 25.9. The SMILES string of the molecule is CCOc1cc(/C=N\NC(=O)C(=O)Nc2ccccc2F)ccc1OCC(=O)Nc1ccc(Br)cc1. The van der Waals surface area contributed by atoms with Crippen LogP contribution in [0.5, 0.6) is 11.5 Å². The largest absolute Gasteiger partial charge is 0.490 e. The number of carbonyl (C=O) groups is 3. The minimum absolute atomic E-state index is 0.121. The van der Waals surface area contributed by atoms with Crippen molar-refractivity contribution in [2.24, 2.45) is 5.10 Å². The summed E-state index contributed by atoms with van der Waals surface area (Å²) in [6, 6.07) is 17.4. The van der Waals surface area contributed by atoms with Crippen LogP contribution in [0.2, 0.25) is 0 Å². The first-order valence-corrected chi connectivity index (χ1v) is 11.5. The van der Waals surface area contributed by atoms with E-state index in [1.165, 1.54) is 24.4 Å². The molecule has 0 saturated carbocycles. The Morgan fingerprint density at radius 1 is 0.944 bits per heavy atom. The van der Waals surface area contributed by atoms with Crippen LogP contribution in [-0.4, -0.2) is 37.1 Å². The van der Waals surface area contributed by atoms with E-state index in [1.54, 1.807) is 37.3 Å². The van der Waals surface area contributed by atoms with Gasteiger partial charge in [-0.2, -0.15) is 5.10 Å². The zero-order valence-electron chi connectivity index (χ0n) is 19.1. The van der Waals surface area contributed by atoms with Crippen LogP contribution in [0.25, 0.3) is 0 Å². The van der Waals surface area contributed by atoms with Crippen LogP contribution < -0.4 is 25.5 Å². The number of benzene rings is 3. The van der Waals surface area contributed by atoms with E-state index in [0.717, 1.165) is 10.5 Å². The highest BCUT2D eigenvalue weighted by atomic mass is 79.9. The Labute approximate surface area is 214 Å². The van der Waals surface area contributed by atoms with Gasteiger partial charge in [0, 0.05) is 10.2 Å². The van der Waals surface area contributed by atoms with Crippen molar-refractivity contribution in [1.29, 1.82) is 0 Å². The monoisotopic (exact) mass is 556 g/mol. The van der Waals surface area contributed by atoms with Gasteiger partial charge in [0.25, 0.3) is 5.91 Å². The molecule has 0 fully saturated rings. The molecule has 3 amide bonds. The van der Waals surface area contributed by atoms with Gasteiger partial charge in [-0.15, -0.1) is 0 Å². The summed E-state index contributed by atoms with van der Waals surface area (Å²) in [7, 11) is 0. The lowest BCUT2D eigenvalue weighted by Crippen LogP contribution is -2.32. The van der Waals surface area contributed by atoms with E-state index >= 15 is 0 Å². The van der Waals surface area contributed by atoms with Crippen molar-refractivity contribution < 1.29 is 28.2 Å². The van der Waals surface area contributed by atoms with E-state index in [4.69, 9.17) is 9.47 Å². The number of ether oxygens (including phenoxy) is 2.